The number of nitrogens with one attached hydrogen (secondary N) is 13. The summed E-state index contributed by atoms with van der Waals surface area (Å²) in [7, 11) is 0. The van der Waals surface area contributed by atoms with Crippen molar-refractivity contribution in [3.05, 3.63) is 0 Å². The third-order valence-corrected chi connectivity index (χ3v) is 7.67. The molecule has 0 aliphatic rings. The van der Waals surface area contributed by atoms with E-state index in [1.807, 2.05) is 5.32 Å². The van der Waals surface area contributed by atoms with Gasteiger partial charge in [0.25, 0.3) is 0 Å². The normalized spacial score (nSPS) is 12.8. The average Bonchev–Trinajstić information content (AvgIpc) is 3.18. The molecule has 0 aromatic heterocycles. The largest absolute Gasteiger partial charge is 0.481 e. The Hall–Kier alpha value is -7.33. The SMILES string of the molecule is C[C@H](NC(=O)CNC(=O)[C@@H](N)CCCNC(=N)N)C(=O)N[C@@H](CC(=O)O)C(=O)N[C@@H](CCCNC(=N)N)C(=O)N[C@@H](C)C(=O)NCC(=O)NCC(=O)NCC(=O)NCC(=O)O. The monoisotopic (exact) mass is 872 g/mol. The highest BCUT2D eigenvalue weighted by molar-refractivity contribution is 5.97. The molecule has 29 heteroatoms. The lowest BCUT2D eigenvalue weighted by Gasteiger charge is -2.25. The molecule has 342 valence electrons. The molecule has 0 rings (SSSR count). The number of aliphatic carboxylic acids is 2. The molecule has 9 amide bonds. The zero-order valence-corrected chi connectivity index (χ0v) is 33.5. The molecule has 0 fully saturated rings. The third-order valence-electron chi connectivity index (χ3n) is 7.67. The summed E-state index contributed by atoms with van der Waals surface area (Å²) in [5.41, 5.74) is 16.2. The van der Waals surface area contributed by atoms with E-state index in [9.17, 15) is 57.8 Å². The molecule has 0 aromatic carbocycles. The maximum atomic E-state index is 13.3. The van der Waals surface area contributed by atoms with Crippen molar-refractivity contribution in [1.82, 2.24) is 58.5 Å². The van der Waals surface area contributed by atoms with E-state index in [1.165, 1.54) is 13.8 Å². The number of carboxylic acid groups (broad SMARTS) is 2. The van der Waals surface area contributed by atoms with Crippen molar-refractivity contribution in [2.75, 3.05) is 45.8 Å². The van der Waals surface area contributed by atoms with Crippen LogP contribution in [0.1, 0.15) is 46.0 Å². The first kappa shape index (κ1) is 53.7. The predicted octanol–water partition coefficient (Wildman–Crippen LogP) is -9.04. The lowest BCUT2D eigenvalue weighted by atomic mass is 10.1. The van der Waals surface area contributed by atoms with Crippen LogP contribution in [0.5, 0.6) is 0 Å². The topological polar surface area (TPSA) is 486 Å². The van der Waals surface area contributed by atoms with E-state index in [-0.39, 0.29) is 31.8 Å². The standard InChI is InChI=1S/C32H56N16O13/c1-15(26(57)43-12-22(51)41-10-20(49)40-11-21(50)42-14-25(55)56)46-29(60)18(6-4-8-39-32(36)37)47-30(61)19(9-24(53)54)48-27(58)16(2)45-23(52)13-44-28(59)17(33)5-3-7-38-31(34)35/h15-19H,3-14,33H2,1-2H3,(H,40,49)(H,41,51)(H,42,50)(H,43,57)(H,44,59)(H,45,52)(H,46,60)(H,47,61)(H,48,58)(H,53,54)(H,55,56)(H4,34,35,38)(H4,36,37,39)/t15-,16-,17-,18-,19-/m0/s1. The van der Waals surface area contributed by atoms with Crippen molar-refractivity contribution in [2.24, 2.45) is 17.2 Å². The zero-order chi connectivity index (χ0) is 46.7. The summed E-state index contributed by atoms with van der Waals surface area (Å²) in [6, 6.07) is -6.94. The van der Waals surface area contributed by atoms with Crippen molar-refractivity contribution in [3.8, 4) is 0 Å². The van der Waals surface area contributed by atoms with Crippen molar-refractivity contribution in [2.45, 2.75) is 76.2 Å². The van der Waals surface area contributed by atoms with Crippen LogP contribution in [0.4, 0.5) is 0 Å². The Kier molecular flexibility index (Phi) is 25.5. The number of hydrogen-bond acceptors (Lipinski definition) is 14. The van der Waals surface area contributed by atoms with Gasteiger partial charge in [-0.2, -0.15) is 0 Å². The van der Waals surface area contributed by atoms with Crippen molar-refractivity contribution < 1.29 is 63.0 Å². The molecule has 0 aliphatic carbocycles. The van der Waals surface area contributed by atoms with Gasteiger partial charge >= 0.3 is 11.9 Å². The Labute approximate surface area is 348 Å². The first-order valence-electron chi connectivity index (χ1n) is 18.4. The lowest BCUT2D eigenvalue weighted by Crippen LogP contribution is -2.58. The molecule has 29 nitrogen and oxygen atoms in total. The highest BCUT2D eigenvalue weighted by atomic mass is 16.4. The smallest absolute Gasteiger partial charge is 0.322 e. The highest BCUT2D eigenvalue weighted by Crippen LogP contribution is 2.03. The summed E-state index contributed by atoms with van der Waals surface area (Å²) in [6.45, 7) is -0.315. The van der Waals surface area contributed by atoms with Crippen LogP contribution in [-0.4, -0.2) is 163 Å². The van der Waals surface area contributed by atoms with Crippen LogP contribution in [0.3, 0.4) is 0 Å². The van der Waals surface area contributed by atoms with E-state index in [2.05, 4.69) is 53.2 Å². The molecule has 0 radical (unpaired) electrons. The Morgan fingerprint density at radius 3 is 1.41 bits per heavy atom. The second-order valence-corrected chi connectivity index (χ2v) is 13.0. The molecule has 0 saturated carbocycles. The maximum Gasteiger partial charge on any atom is 0.322 e. The summed E-state index contributed by atoms with van der Waals surface area (Å²) in [5, 5.41) is 57.4. The fourth-order valence-corrected chi connectivity index (χ4v) is 4.50. The second-order valence-electron chi connectivity index (χ2n) is 13.0. The molecule has 5 atom stereocenters. The van der Waals surface area contributed by atoms with Crippen molar-refractivity contribution in [1.29, 1.82) is 10.8 Å². The Balaban J connectivity index is 5.36. The Bertz CT molecular complexity index is 1630. The molecular formula is C32H56N16O13. The van der Waals surface area contributed by atoms with Gasteiger partial charge in [-0.05, 0) is 39.5 Å². The fourth-order valence-electron chi connectivity index (χ4n) is 4.50. The molecular weight excluding hydrogens is 816 g/mol. The Morgan fingerprint density at radius 2 is 0.902 bits per heavy atom. The van der Waals surface area contributed by atoms with Gasteiger partial charge in [-0.3, -0.25) is 63.6 Å². The summed E-state index contributed by atoms with van der Waals surface area (Å²) >= 11 is 0. The first-order chi connectivity index (χ1) is 28.5. The number of carbonyl (C=O) groups is 11. The summed E-state index contributed by atoms with van der Waals surface area (Å²) in [4.78, 5) is 134. The number of carboxylic acids is 2. The quantitative estimate of drug-likeness (QED) is 0.0188. The van der Waals surface area contributed by atoms with Crippen LogP contribution in [0.25, 0.3) is 0 Å². The lowest BCUT2D eigenvalue weighted by molar-refractivity contribution is -0.141. The van der Waals surface area contributed by atoms with Gasteiger partial charge in [0.15, 0.2) is 11.9 Å². The van der Waals surface area contributed by atoms with Crippen LogP contribution in [0, 0.1) is 10.8 Å². The van der Waals surface area contributed by atoms with Gasteiger partial charge in [0.1, 0.15) is 30.7 Å². The molecule has 0 unspecified atom stereocenters. The van der Waals surface area contributed by atoms with Gasteiger partial charge in [-0.15, -0.1) is 0 Å². The first-order valence-corrected chi connectivity index (χ1v) is 18.4. The van der Waals surface area contributed by atoms with Gasteiger partial charge in [0.05, 0.1) is 38.6 Å². The van der Waals surface area contributed by atoms with Gasteiger partial charge in [0.2, 0.25) is 53.2 Å². The van der Waals surface area contributed by atoms with E-state index in [1.54, 1.807) is 0 Å². The van der Waals surface area contributed by atoms with Crippen LogP contribution in [0.15, 0.2) is 0 Å². The molecule has 0 aromatic rings. The molecule has 0 heterocycles. The van der Waals surface area contributed by atoms with Crippen molar-refractivity contribution >= 4 is 77.0 Å². The molecule has 0 aliphatic heterocycles. The minimum absolute atomic E-state index is 0.0492. The maximum absolute atomic E-state index is 13.3. The van der Waals surface area contributed by atoms with Crippen LogP contribution >= 0.6 is 0 Å². The number of hydrogen-bond donors (Lipinski definition) is 18. The fraction of sp³-hybridized carbons (Fsp3) is 0.594. The van der Waals surface area contributed by atoms with Crippen LogP contribution in [0.2, 0.25) is 0 Å². The van der Waals surface area contributed by atoms with Crippen LogP contribution in [-0.2, 0) is 52.7 Å². The van der Waals surface area contributed by atoms with Gasteiger partial charge in [-0.1, -0.05) is 0 Å². The third kappa shape index (κ3) is 26.3. The van der Waals surface area contributed by atoms with Crippen LogP contribution < -0.4 is 75.7 Å². The second kappa shape index (κ2) is 29.0. The van der Waals surface area contributed by atoms with Gasteiger partial charge in [0, 0.05) is 13.1 Å². The molecule has 0 bridgehead atoms. The molecule has 21 N–H and O–H groups in total. The summed E-state index contributed by atoms with van der Waals surface area (Å²) < 4.78 is 0. The predicted molar refractivity (Wildman–Crippen MR) is 210 cm³/mol. The summed E-state index contributed by atoms with van der Waals surface area (Å²) in [5.74, 6) is -11.4. The minimum atomic E-state index is -1.79. The zero-order valence-electron chi connectivity index (χ0n) is 33.5. The number of guanidine groups is 2. The van der Waals surface area contributed by atoms with Crippen molar-refractivity contribution in [3.63, 3.8) is 0 Å². The average molecular weight is 873 g/mol. The van der Waals surface area contributed by atoms with E-state index in [0.29, 0.717) is 13.0 Å². The minimum Gasteiger partial charge on any atom is -0.481 e. The highest BCUT2D eigenvalue weighted by Gasteiger charge is 2.31. The number of amides is 9. The van der Waals surface area contributed by atoms with E-state index in [4.69, 9.17) is 33.1 Å². The van der Waals surface area contributed by atoms with Gasteiger partial charge in [-0.25, -0.2) is 0 Å². The molecule has 61 heavy (non-hydrogen) atoms. The molecule has 0 saturated heterocycles. The van der Waals surface area contributed by atoms with E-state index < -0.39 is 140 Å². The number of nitrogens with two attached hydrogens (primary N) is 3. The van der Waals surface area contributed by atoms with E-state index in [0.717, 1.165) is 0 Å². The molecule has 0 spiro atoms. The Morgan fingerprint density at radius 1 is 0.475 bits per heavy atom. The van der Waals surface area contributed by atoms with Gasteiger partial charge < -0.3 is 85.9 Å². The summed E-state index contributed by atoms with van der Waals surface area (Å²) in [6.07, 6.45) is -0.453. The number of rotatable bonds is 29. The van der Waals surface area contributed by atoms with E-state index >= 15 is 0 Å². The number of carbonyl (C=O) groups excluding carboxylic acids is 9.